The van der Waals surface area contributed by atoms with Crippen molar-refractivity contribution in [2.45, 2.75) is 6.92 Å². The van der Waals surface area contributed by atoms with Crippen LogP contribution in [0.25, 0.3) is 5.65 Å². The van der Waals surface area contributed by atoms with Gasteiger partial charge in [0.25, 0.3) is 0 Å². The van der Waals surface area contributed by atoms with E-state index in [2.05, 4.69) is 15.2 Å². The van der Waals surface area contributed by atoms with Gasteiger partial charge >= 0.3 is 0 Å². The number of fused-ring (bicyclic) bond motifs is 1. The second-order valence-corrected chi connectivity index (χ2v) is 4.35. The number of methoxy groups -OCH3 is 1. The van der Waals surface area contributed by atoms with Gasteiger partial charge in [-0.15, -0.1) is 10.2 Å². The Morgan fingerprint density at radius 2 is 2.00 bits per heavy atom. The number of aromatic nitrogens is 2. The largest absolute Gasteiger partial charge is 0.497 e. The van der Waals surface area contributed by atoms with E-state index < -0.39 is 0 Å². The third-order valence-corrected chi connectivity index (χ3v) is 2.99. The Hall–Kier alpha value is -2.69. The zero-order valence-corrected chi connectivity index (χ0v) is 11.3. The van der Waals surface area contributed by atoms with Gasteiger partial charge in [-0.05, 0) is 31.2 Å². The molecule has 0 aliphatic heterocycles. The van der Waals surface area contributed by atoms with Crippen molar-refractivity contribution in [2.75, 3.05) is 7.11 Å². The molecule has 0 spiro atoms. The normalized spacial score (nSPS) is 11.3. The van der Waals surface area contributed by atoms with Crippen LogP contribution in [0, 0.1) is 6.92 Å². The van der Waals surface area contributed by atoms with E-state index in [4.69, 9.17) is 4.74 Å². The third-order valence-electron chi connectivity index (χ3n) is 2.99. The van der Waals surface area contributed by atoms with Gasteiger partial charge in [-0.3, -0.25) is 4.40 Å². The minimum Gasteiger partial charge on any atom is -0.497 e. The number of rotatable bonds is 3. The molecule has 0 bridgehead atoms. The van der Waals surface area contributed by atoms with Crippen LogP contribution in [0.15, 0.2) is 58.9 Å². The molecule has 0 N–H and O–H groups in total. The van der Waals surface area contributed by atoms with E-state index in [1.807, 2.05) is 60.0 Å². The first kappa shape index (κ1) is 12.3. The maximum absolute atomic E-state index is 5.17. The molecule has 2 heterocycles. The lowest BCUT2D eigenvalue weighted by Crippen LogP contribution is -1.81. The van der Waals surface area contributed by atoms with Crippen molar-refractivity contribution in [1.29, 1.82) is 0 Å². The fraction of sp³-hybridized carbons (Fsp3) is 0.133. The SMILES string of the molecule is COc1cccc(N=Nc2c(C)nc3ccccn23)c1. The van der Waals surface area contributed by atoms with Crippen LogP contribution in [0.4, 0.5) is 11.5 Å². The number of pyridine rings is 1. The predicted octanol–water partition coefficient (Wildman–Crippen LogP) is 4.07. The molecular weight excluding hydrogens is 252 g/mol. The van der Waals surface area contributed by atoms with Crippen LogP contribution in [-0.4, -0.2) is 16.5 Å². The van der Waals surface area contributed by atoms with Crippen molar-refractivity contribution in [3.05, 3.63) is 54.4 Å². The zero-order chi connectivity index (χ0) is 13.9. The highest BCUT2D eigenvalue weighted by molar-refractivity contribution is 5.52. The van der Waals surface area contributed by atoms with Crippen LogP contribution in [0.2, 0.25) is 0 Å². The Morgan fingerprint density at radius 1 is 1.10 bits per heavy atom. The van der Waals surface area contributed by atoms with Crippen molar-refractivity contribution < 1.29 is 4.74 Å². The second-order valence-electron chi connectivity index (χ2n) is 4.35. The number of aryl methyl sites for hydroxylation is 1. The Balaban J connectivity index is 2.00. The summed E-state index contributed by atoms with van der Waals surface area (Å²) in [4.78, 5) is 4.44. The summed E-state index contributed by atoms with van der Waals surface area (Å²) in [7, 11) is 1.63. The van der Waals surface area contributed by atoms with E-state index in [0.717, 1.165) is 28.6 Å². The number of hydrogen-bond acceptors (Lipinski definition) is 4. The van der Waals surface area contributed by atoms with Gasteiger partial charge in [-0.2, -0.15) is 0 Å². The molecular formula is C15H14N4O. The Kier molecular flexibility index (Phi) is 3.16. The summed E-state index contributed by atoms with van der Waals surface area (Å²) < 4.78 is 7.08. The van der Waals surface area contributed by atoms with Gasteiger partial charge < -0.3 is 4.74 Å². The molecule has 0 aliphatic rings. The Morgan fingerprint density at radius 3 is 2.85 bits per heavy atom. The lowest BCUT2D eigenvalue weighted by molar-refractivity contribution is 0.415. The minimum atomic E-state index is 0.739. The Labute approximate surface area is 116 Å². The molecule has 3 aromatic rings. The first-order valence-electron chi connectivity index (χ1n) is 6.27. The van der Waals surface area contributed by atoms with Crippen LogP contribution < -0.4 is 4.74 Å². The fourth-order valence-electron chi connectivity index (χ4n) is 2.00. The lowest BCUT2D eigenvalue weighted by atomic mass is 10.3. The molecule has 0 saturated carbocycles. The smallest absolute Gasteiger partial charge is 0.182 e. The van der Waals surface area contributed by atoms with Crippen LogP contribution >= 0.6 is 0 Å². The molecule has 1 aromatic carbocycles. The van der Waals surface area contributed by atoms with Gasteiger partial charge in [0.2, 0.25) is 0 Å². The maximum atomic E-state index is 5.17. The number of imidazole rings is 1. The number of hydrogen-bond donors (Lipinski definition) is 0. The molecule has 0 atom stereocenters. The highest BCUT2D eigenvalue weighted by Gasteiger charge is 2.06. The Bertz CT molecular complexity index is 776. The van der Waals surface area contributed by atoms with Gasteiger partial charge in [-0.25, -0.2) is 4.98 Å². The molecule has 5 nitrogen and oxygen atoms in total. The molecule has 0 unspecified atom stereocenters. The molecule has 2 aromatic heterocycles. The number of azo groups is 1. The monoisotopic (exact) mass is 266 g/mol. The quantitative estimate of drug-likeness (QED) is 0.671. The van der Waals surface area contributed by atoms with Crippen molar-refractivity contribution in [3.8, 4) is 5.75 Å². The first-order valence-corrected chi connectivity index (χ1v) is 6.27. The fourth-order valence-corrected chi connectivity index (χ4v) is 2.00. The summed E-state index contributed by atoms with van der Waals surface area (Å²) >= 11 is 0. The summed E-state index contributed by atoms with van der Waals surface area (Å²) in [6.45, 7) is 1.92. The topological polar surface area (TPSA) is 51.2 Å². The molecule has 5 heteroatoms. The summed E-state index contributed by atoms with van der Waals surface area (Å²) in [6, 6.07) is 13.3. The number of ether oxygens (including phenoxy) is 1. The van der Waals surface area contributed by atoms with E-state index in [9.17, 15) is 0 Å². The summed E-state index contributed by atoms with van der Waals surface area (Å²) in [5, 5.41) is 8.56. The van der Waals surface area contributed by atoms with Gasteiger partial charge in [0, 0.05) is 12.3 Å². The number of benzene rings is 1. The highest BCUT2D eigenvalue weighted by Crippen LogP contribution is 2.25. The molecule has 0 aliphatic carbocycles. The summed E-state index contributed by atoms with van der Waals surface area (Å²) in [5.74, 6) is 1.50. The summed E-state index contributed by atoms with van der Waals surface area (Å²) in [6.07, 6.45) is 1.93. The van der Waals surface area contributed by atoms with Gasteiger partial charge in [0.05, 0.1) is 18.5 Å². The molecule has 100 valence electrons. The average molecular weight is 266 g/mol. The van der Waals surface area contributed by atoms with Crippen LogP contribution in [0.5, 0.6) is 5.75 Å². The van der Waals surface area contributed by atoms with E-state index in [1.165, 1.54) is 0 Å². The van der Waals surface area contributed by atoms with Gasteiger partial charge in [0.1, 0.15) is 11.4 Å². The third kappa shape index (κ3) is 2.25. The van der Waals surface area contributed by atoms with E-state index in [-0.39, 0.29) is 0 Å². The molecule has 3 rings (SSSR count). The van der Waals surface area contributed by atoms with E-state index in [1.54, 1.807) is 7.11 Å². The predicted molar refractivity (Wildman–Crippen MR) is 77.1 cm³/mol. The second kappa shape index (κ2) is 5.13. The molecule has 0 fully saturated rings. The average Bonchev–Trinajstić information content (AvgIpc) is 2.81. The van der Waals surface area contributed by atoms with E-state index >= 15 is 0 Å². The van der Waals surface area contributed by atoms with Crippen LogP contribution in [-0.2, 0) is 0 Å². The van der Waals surface area contributed by atoms with Crippen LogP contribution in [0.1, 0.15) is 5.69 Å². The zero-order valence-electron chi connectivity index (χ0n) is 11.3. The van der Waals surface area contributed by atoms with Crippen molar-refractivity contribution in [3.63, 3.8) is 0 Å². The first-order chi connectivity index (χ1) is 9.78. The van der Waals surface area contributed by atoms with Crippen molar-refractivity contribution in [1.82, 2.24) is 9.38 Å². The molecule has 0 saturated heterocycles. The highest BCUT2D eigenvalue weighted by atomic mass is 16.5. The van der Waals surface area contributed by atoms with Gasteiger partial charge in [-0.1, -0.05) is 12.1 Å². The lowest BCUT2D eigenvalue weighted by Gasteiger charge is -1.99. The molecule has 20 heavy (non-hydrogen) atoms. The van der Waals surface area contributed by atoms with Crippen molar-refractivity contribution in [2.24, 2.45) is 10.2 Å². The minimum absolute atomic E-state index is 0.739. The summed E-state index contributed by atoms with van der Waals surface area (Å²) in [5.41, 5.74) is 2.46. The van der Waals surface area contributed by atoms with Gasteiger partial charge in [0.15, 0.2) is 5.82 Å². The number of nitrogens with zero attached hydrogens (tertiary/aromatic N) is 4. The van der Waals surface area contributed by atoms with E-state index in [0.29, 0.717) is 0 Å². The maximum Gasteiger partial charge on any atom is 0.182 e. The van der Waals surface area contributed by atoms with Crippen LogP contribution in [0.3, 0.4) is 0 Å². The van der Waals surface area contributed by atoms with Crippen molar-refractivity contribution >= 4 is 17.2 Å². The molecule has 0 radical (unpaired) electrons. The molecule has 0 amide bonds. The standard InChI is InChI=1S/C15H14N4O/c1-11-15(19-9-4-3-8-14(19)16-11)18-17-12-6-5-7-13(10-12)20-2/h3-10H,1-2H3.